The van der Waals surface area contributed by atoms with Gasteiger partial charge in [0.15, 0.2) is 11.6 Å². The molecule has 1 heterocycles. The first-order chi connectivity index (χ1) is 21.3. The number of carbonyl (C=O) groups is 1. The fourth-order valence-corrected chi connectivity index (χ4v) is 6.07. The molecule has 0 aromatic heterocycles. The first-order valence-corrected chi connectivity index (χ1v) is 16.0. The SMILES string of the molecule is Cc1ccc(CCNC(=O)[C@]2(Cc3ccccc3Br)N=C(c3ccc(OCCCO)cc3)O[C@@H]2c2ccc(Cl)cc2Cl)cc1. The summed E-state index contributed by atoms with van der Waals surface area (Å²) in [5, 5.41) is 13.1. The van der Waals surface area contributed by atoms with E-state index in [9.17, 15) is 4.79 Å². The first kappa shape index (κ1) is 32.0. The summed E-state index contributed by atoms with van der Waals surface area (Å²) in [6.07, 6.45) is 0.616. The van der Waals surface area contributed by atoms with Gasteiger partial charge in [-0.25, -0.2) is 4.99 Å². The molecule has 0 radical (unpaired) electrons. The van der Waals surface area contributed by atoms with Crippen molar-refractivity contribution in [2.75, 3.05) is 19.8 Å². The summed E-state index contributed by atoms with van der Waals surface area (Å²) in [6, 6.07) is 28.5. The Bertz CT molecular complexity index is 1630. The summed E-state index contributed by atoms with van der Waals surface area (Å²) < 4.78 is 13.2. The average Bonchev–Trinajstić information content (AvgIpc) is 3.40. The second-order valence-corrected chi connectivity index (χ2v) is 12.4. The molecule has 1 aliphatic rings. The van der Waals surface area contributed by atoms with E-state index >= 15 is 0 Å². The zero-order valence-electron chi connectivity index (χ0n) is 24.2. The molecular weight excluding hydrogens is 663 g/mol. The second-order valence-electron chi connectivity index (χ2n) is 10.7. The molecule has 0 aliphatic carbocycles. The lowest BCUT2D eigenvalue weighted by molar-refractivity contribution is -0.128. The van der Waals surface area contributed by atoms with Gasteiger partial charge in [0.25, 0.3) is 5.91 Å². The van der Waals surface area contributed by atoms with Crippen LogP contribution >= 0.6 is 39.1 Å². The van der Waals surface area contributed by atoms with E-state index in [0.717, 1.165) is 15.6 Å². The Morgan fingerprint density at radius 1 is 1.05 bits per heavy atom. The van der Waals surface area contributed by atoms with E-state index in [1.165, 1.54) is 5.56 Å². The number of halogens is 3. The van der Waals surface area contributed by atoms with Crippen LogP contribution in [-0.2, 0) is 22.4 Å². The zero-order valence-corrected chi connectivity index (χ0v) is 27.3. The third kappa shape index (κ3) is 7.46. The molecule has 2 atom stereocenters. The van der Waals surface area contributed by atoms with Crippen molar-refractivity contribution in [3.63, 3.8) is 0 Å². The van der Waals surface area contributed by atoms with Gasteiger partial charge >= 0.3 is 0 Å². The maximum Gasteiger partial charge on any atom is 0.252 e. The molecule has 0 spiro atoms. The molecule has 0 saturated carbocycles. The van der Waals surface area contributed by atoms with Gasteiger partial charge in [-0.1, -0.05) is 93.2 Å². The smallest absolute Gasteiger partial charge is 0.252 e. The number of hydrogen-bond donors (Lipinski definition) is 2. The third-order valence-electron chi connectivity index (χ3n) is 7.51. The number of hydrogen-bond acceptors (Lipinski definition) is 5. The van der Waals surface area contributed by atoms with Crippen molar-refractivity contribution < 1.29 is 19.4 Å². The molecule has 0 bridgehead atoms. The van der Waals surface area contributed by atoms with Crippen molar-refractivity contribution in [2.45, 2.75) is 37.8 Å². The number of aliphatic imine (C=N–C) groups is 1. The van der Waals surface area contributed by atoms with E-state index in [2.05, 4.69) is 45.5 Å². The van der Waals surface area contributed by atoms with Gasteiger partial charge in [-0.05, 0) is 66.9 Å². The number of amides is 1. The molecule has 228 valence electrons. The highest BCUT2D eigenvalue weighted by Gasteiger charge is 2.54. The number of aryl methyl sites for hydroxylation is 1. The van der Waals surface area contributed by atoms with E-state index < -0.39 is 11.6 Å². The highest BCUT2D eigenvalue weighted by Crippen LogP contribution is 2.45. The normalized spacial score (nSPS) is 17.6. The van der Waals surface area contributed by atoms with E-state index in [-0.39, 0.29) is 18.9 Å². The topological polar surface area (TPSA) is 80.2 Å². The van der Waals surface area contributed by atoms with Gasteiger partial charge in [-0.2, -0.15) is 0 Å². The van der Waals surface area contributed by atoms with Gasteiger partial charge in [0.05, 0.1) is 6.61 Å². The molecule has 0 fully saturated rings. The highest BCUT2D eigenvalue weighted by atomic mass is 79.9. The van der Waals surface area contributed by atoms with Crippen LogP contribution in [0.1, 0.15) is 40.3 Å². The summed E-state index contributed by atoms with van der Waals surface area (Å²) in [4.78, 5) is 19.5. The molecule has 0 unspecified atom stereocenters. The highest BCUT2D eigenvalue weighted by molar-refractivity contribution is 9.10. The maximum atomic E-state index is 14.4. The standard InChI is InChI=1S/C35H33BrCl2N2O4/c1-23-7-9-24(10-8-23)17-18-39-34(42)35(22-26-5-2-3-6-30(26)36)32(29-16-13-27(37)21-31(29)38)44-33(40-35)25-11-14-28(15-12-25)43-20-4-19-41/h2-3,5-16,21,32,41H,4,17-20,22H2,1H3,(H,39,42)/t32-,35-/m1/s1. The largest absolute Gasteiger partial charge is 0.494 e. The van der Waals surface area contributed by atoms with Crippen LogP contribution in [0.4, 0.5) is 0 Å². The zero-order chi connectivity index (χ0) is 31.1. The first-order valence-electron chi connectivity index (χ1n) is 14.4. The van der Waals surface area contributed by atoms with Crippen molar-refractivity contribution in [3.05, 3.63) is 133 Å². The van der Waals surface area contributed by atoms with Crippen LogP contribution in [0.25, 0.3) is 0 Å². The summed E-state index contributed by atoms with van der Waals surface area (Å²) in [5.41, 5.74) is 3.12. The van der Waals surface area contributed by atoms with Gasteiger partial charge in [0.1, 0.15) is 5.75 Å². The Morgan fingerprint density at radius 3 is 2.50 bits per heavy atom. The molecule has 0 saturated heterocycles. The number of aliphatic hydroxyl groups excluding tert-OH is 1. The van der Waals surface area contributed by atoms with Crippen molar-refractivity contribution in [2.24, 2.45) is 4.99 Å². The predicted octanol–water partition coefficient (Wildman–Crippen LogP) is 7.68. The Morgan fingerprint density at radius 2 is 1.80 bits per heavy atom. The minimum absolute atomic E-state index is 0.0596. The Balaban J connectivity index is 1.54. The molecule has 4 aromatic carbocycles. The third-order valence-corrected chi connectivity index (χ3v) is 8.85. The minimum atomic E-state index is -1.39. The summed E-state index contributed by atoms with van der Waals surface area (Å²) >= 11 is 16.7. The lowest BCUT2D eigenvalue weighted by Crippen LogP contribution is -2.50. The van der Waals surface area contributed by atoms with Crippen LogP contribution in [0.15, 0.2) is 100 Å². The summed E-state index contributed by atoms with van der Waals surface area (Å²) in [7, 11) is 0. The quantitative estimate of drug-likeness (QED) is 0.149. The van der Waals surface area contributed by atoms with Crippen LogP contribution in [-0.4, -0.2) is 42.2 Å². The fraction of sp³-hybridized carbons (Fsp3) is 0.257. The van der Waals surface area contributed by atoms with Crippen molar-refractivity contribution in [1.29, 1.82) is 0 Å². The number of aliphatic hydroxyl groups is 1. The van der Waals surface area contributed by atoms with Crippen molar-refractivity contribution in [3.8, 4) is 5.75 Å². The van der Waals surface area contributed by atoms with Crippen molar-refractivity contribution in [1.82, 2.24) is 5.32 Å². The lowest BCUT2D eigenvalue weighted by Gasteiger charge is -2.31. The van der Waals surface area contributed by atoms with Crippen LogP contribution in [0.5, 0.6) is 5.75 Å². The van der Waals surface area contributed by atoms with Crippen LogP contribution < -0.4 is 10.1 Å². The van der Waals surface area contributed by atoms with E-state index in [1.807, 2.05) is 55.5 Å². The van der Waals surface area contributed by atoms with Gasteiger partial charge < -0.3 is 19.9 Å². The van der Waals surface area contributed by atoms with Crippen LogP contribution in [0, 0.1) is 6.92 Å². The van der Waals surface area contributed by atoms with E-state index in [1.54, 1.807) is 18.2 Å². The van der Waals surface area contributed by atoms with Gasteiger partial charge in [-0.15, -0.1) is 0 Å². The van der Waals surface area contributed by atoms with Gasteiger partial charge in [0.2, 0.25) is 5.90 Å². The summed E-state index contributed by atoms with van der Waals surface area (Å²) in [5.74, 6) is 0.713. The van der Waals surface area contributed by atoms with E-state index in [4.69, 9.17) is 42.8 Å². The molecule has 44 heavy (non-hydrogen) atoms. The average molecular weight is 696 g/mol. The lowest BCUT2D eigenvalue weighted by atomic mass is 9.82. The van der Waals surface area contributed by atoms with Gasteiger partial charge in [-0.3, -0.25) is 4.79 Å². The molecular formula is C35H33BrCl2N2O4. The number of benzene rings is 4. The number of nitrogens with zero attached hydrogens (tertiary/aromatic N) is 1. The molecule has 1 aliphatic heterocycles. The monoisotopic (exact) mass is 694 g/mol. The fourth-order valence-electron chi connectivity index (χ4n) is 5.13. The number of nitrogens with one attached hydrogen (secondary N) is 1. The Labute approximate surface area is 276 Å². The predicted molar refractivity (Wildman–Crippen MR) is 179 cm³/mol. The van der Waals surface area contributed by atoms with E-state index in [0.29, 0.717) is 58.8 Å². The molecule has 6 nitrogen and oxygen atoms in total. The number of rotatable bonds is 12. The number of carbonyl (C=O) groups excluding carboxylic acids is 1. The van der Waals surface area contributed by atoms with Crippen LogP contribution in [0.2, 0.25) is 10.0 Å². The summed E-state index contributed by atoms with van der Waals surface area (Å²) in [6.45, 7) is 2.93. The van der Waals surface area contributed by atoms with Gasteiger partial charge in [0, 0.05) is 51.6 Å². The maximum absolute atomic E-state index is 14.4. The molecule has 9 heteroatoms. The Kier molecular flexibility index (Phi) is 10.6. The molecule has 5 rings (SSSR count). The Hall–Kier alpha value is -3.36. The number of ether oxygens (including phenoxy) is 2. The second kappa shape index (κ2) is 14.6. The molecule has 4 aromatic rings. The van der Waals surface area contributed by atoms with Crippen LogP contribution in [0.3, 0.4) is 0 Å². The molecule has 1 amide bonds. The van der Waals surface area contributed by atoms with Crippen molar-refractivity contribution >= 4 is 50.9 Å². The minimum Gasteiger partial charge on any atom is -0.494 e. The molecule has 2 N–H and O–H groups in total.